The van der Waals surface area contributed by atoms with E-state index in [2.05, 4.69) is 29.2 Å². The van der Waals surface area contributed by atoms with Crippen molar-refractivity contribution >= 4 is 11.5 Å². The van der Waals surface area contributed by atoms with Crippen molar-refractivity contribution in [2.45, 2.75) is 26.4 Å². The van der Waals surface area contributed by atoms with Gasteiger partial charge in [0.25, 0.3) is 0 Å². The lowest BCUT2D eigenvalue weighted by Gasteiger charge is -2.01. The lowest BCUT2D eigenvalue weighted by Crippen LogP contribution is -1.88. The highest BCUT2D eigenvalue weighted by molar-refractivity contribution is 5.74. The Morgan fingerprint density at radius 3 is 2.59 bits per heavy atom. The highest BCUT2D eigenvalue weighted by Crippen LogP contribution is 2.31. The van der Waals surface area contributed by atoms with Gasteiger partial charge in [-0.05, 0) is 34.9 Å². The van der Waals surface area contributed by atoms with Crippen molar-refractivity contribution < 1.29 is 5.11 Å². The highest BCUT2D eigenvalue weighted by atomic mass is 16.3. The Balaban J connectivity index is 2.10. The number of aromatic nitrogens is 2. The Labute approximate surface area is 128 Å². The molecule has 0 aliphatic rings. The van der Waals surface area contributed by atoms with Gasteiger partial charge in [0.1, 0.15) is 11.3 Å². The summed E-state index contributed by atoms with van der Waals surface area (Å²) >= 11 is 0. The molecule has 5 nitrogen and oxygen atoms in total. The van der Waals surface area contributed by atoms with E-state index in [1.165, 1.54) is 5.56 Å². The molecule has 0 amide bonds. The van der Waals surface area contributed by atoms with Gasteiger partial charge in [-0.2, -0.15) is 0 Å². The third-order valence-electron chi connectivity index (χ3n) is 3.70. The van der Waals surface area contributed by atoms with E-state index in [1.54, 1.807) is 22.7 Å². The molecule has 2 aromatic heterocycles. The third-order valence-corrected chi connectivity index (χ3v) is 3.70. The topological polar surface area (TPSA) is 67.0 Å². The summed E-state index contributed by atoms with van der Waals surface area (Å²) in [5.74, 6) is 0.280. The van der Waals surface area contributed by atoms with Gasteiger partial charge in [-0.15, -0.1) is 4.91 Å². The van der Waals surface area contributed by atoms with Crippen LogP contribution in [-0.4, -0.2) is 14.5 Å². The number of hydrogen-bond donors (Lipinski definition) is 1. The van der Waals surface area contributed by atoms with E-state index in [0.717, 1.165) is 24.0 Å². The van der Waals surface area contributed by atoms with Crippen LogP contribution in [0.3, 0.4) is 0 Å². The van der Waals surface area contributed by atoms with E-state index in [4.69, 9.17) is 0 Å². The molecule has 0 saturated carbocycles. The minimum Gasteiger partial charge on any atom is -0.392 e. The summed E-state index contributed by atoms with van der Waals surface area (Å²) in [5.41, 5.74) is 4.05. The Bertz CT molecular complexity index is 807. The van der Waals surface area contributed by atoms with Crippen molar-refractivity contribution in [1.82, 2.24) is 9.38 Å². The smallest absolute Gasteiger partial charge is 0.209 e. The fourth-order valence-corrected chi connectivity index (χ4v) is 2.57. The molecular formula is C17H17N3O2. The number of aliphatic hydroxyl groups excluding tert-OH is 1. The van der Waals surface area contributed by atoms with Crippen LogP contribution in [0.4, 0.5) is 5.82 Å². The number of hydrogen-bond acceptors (Lipinski definition) is 4. The standard InChI is InChI=1S/C17H17N3O2/c1-2-3-12-4-6-14(7-5-12)16-17(19-22)20-9-8-13(11-21)10-15(20)18-16/h4-10,21H,2-3,11H2,1H3. The SMILES string of the molecule is CCCc1ccc(-c2nc3cc(CO)ccn3c2N=O)cc1. The number of aryl methyl sites for hydroxylation is 1. The zero-order valence-electron chi connectivity index (χ0n) is 12.4. The Kier molecular flexibility index (Phi) is 3.98. The van der Waals surface area contributed by atoms with Gasteiger partial charge in [0, 0.05) is 11.8 Å². The Morgan fingerprint density at radius 1 is 1.18 bits per heavy atom. The van der Waals surface area contributed by atoms with Crippen LogP contribution in [-0.2, 0) is 13.0 Å². The van der Waals surface area contributed by atoms with Crippen LogP contribution in [0, 0.1) is 4.91 Å². The fraction of sp³-hybridized carbons (Fsp3) is 0.235. The van der Waals surface area contributed by atoms with Gasteiger partial charge in [0.2, 0.25) is 5.82 Å². The van der Waals surface area contributed by atoms with E-state index in [1.807, 2.05) is 12.1 Å². The normalized spacial score (nSPS) is 11.0. The van der Waals surface area contributed by atoms with Crippen molar-refractivity contribution in [1.29, 1.82) is 0 Å². The Morgan fingerprint density at radius 2 is 1.95 bits per heavy atom. The molecule has 0 atom stereocenters. The number of nitrogens with zero attached hydrogens (tertiary/aromatic N) is 3. The largest absolute Gasteiger partial charge is 0.392 e. The van der Waals surface area contributed by atoms with E-state index < -0.39 is 0 Å². The molecule has 3 rings (SSSR count). The predicted octanol–water partition coefficient (Wildman–Crippen LogP) is 3.84. The van der Waals surface area contributed by atoms with Crippen LogP contribution in [0.5, 0.6) is 0 Å². The van der Waals surface area contributed by atoms with E-state index in [9.17, 15) is 10.0 Å². The van der Waals surface area contributed by atoms with Gasteiger partial charge in [-0.3, -0.25) is 4.40 Å². The quantitative estimate of drug-likeness (QED) is 0.727. The van der Waals surface area contributed by atoms with Gasteiger partial charge in [-0.1, -0.05) is 37.6 Å². The summed E-state index contributed by atoms with van der Waals surface area (Å²) in [5, 5.41) is 12.3. The number of benzene rings is 1. The second kappa shape index (κ2) is 6.07. The average molecular weight is 295 g/mol. The van der Waals surface area contributed by atoms with E-state index in [-0.39, 0.29) is 12.4 Å². The molecule has 112 valence electrons. The van der Waals surface area contributed by atoms with Crippen LogP contribution in [0.15, 0.2) is 47.8 Å². The molecule has 22 heavy (non-hydrogen) atoms. The van der Waals surface area contributed by atoms with Crippen molar-refractivity contribution in [2.75, 3.05) is 0 Å². The van der Waals surface area contributed by atoms with Gasteiger partial charge < -0.3 is 5.11 Å². The van der Waals surface area contributed by atoms with Gasteiger partial charge in [0.15, 0.2) is 0 Å². The van der Waals surface area contributed by atoms with Gasteiger partial charge in [-0.25, -0.2) is 4.98 Å². The second-order valence-electron chi connectivity index (χ2n) is 5.24. The van der Waals surface area contributed by atoms with Crippen LogP contribution >= 0.6 is 0 Å². The summed E-state index contributed by atoms with van der Waals surface area (Å²) in [4.78, 5) is 15.7. The third kappa shape index (κ3) is 2.51. The minimum absolute atomic E-state index is 0.0613. The maximum Gasteiger partial charge on any atom is 0.209 e. The molecule has 0 aliphatic carbocycles. The first kappa shape index (κ1) is 14.4. The van der Waals surface area contributed by atoms with Crippen LogP contribution in [0.25, 0.3) is 16.9 Å². The summed E-state index contributed by atoms with van der Waals surface area (Å²) < 4.78 is 1.64. The molecule has 0 bridgehead atoms. The molecule has 1 aromatic carbocycles. The number of aliphatic hydroxyl groups is 1. The fourth-order valence-electron chi connectivity index (χ4n) is 2.57. The van der Waals surface area contributed by atoms with Gasteiger partial charge in [0.05, 0.1) is 6.61 Å². The molecule has 0 spiro atoms. The lowest BCUT2D eigenvalue weighted by molar-refractivity contribution is 0.282. The second-order valence-corrected chi connectivity index (χ2v) is 5.24. The van der Waals surface area contributed by atoms with Crippen LogP contribution in [0.1, 0.15) is 24.5 Å². The van der Waals surface area contributed by atoms with Crippen molar-refractivity contribution in [3.8, 4) is 11.3 Å². The average Bonchev–Trinajstić information content (AvgIpc) is 2.93. The maximum atomic E-state index is 11.2. The molecule has 0 fully saturated rings. The summed E-state index contributed by atoms with van der Waals surface area (Å²) in [7, 11) is 0. The lowest BCUT2D eigenvalue weighted by atomic mass is 10.1. The number of imidazole rings is 1. The molecular weight excluding hydrogens is 278 g/mol. The minimum atomic E-state index is -0.0613. The molecule has 0 radical (unpaired) electrons. The van der Waals surface area contributed by atoms with Crippen molar-refractivity contribution in [2.24, 2.45) is 5.18 Å². The van der Waals surface area contributed by atoms with Crippen molar-refractivity contribution in [3.63, 3.8) is 0 Å². The first-order chi connectivity index (χ1) is 10.8. The van der Waals surface area contributed by atoms with Crippen LogP contribution in [0.2, 0.25) is 0 Å². The number of pyridine rings is 1. The molecule has 2 heterocycles. The van der Waals surface area contributed by atoms with Gasteiger partial charge >= 0.3 is 0 Å². The number of nitroso groups, excluding NO2 is 1. The maximum absolute atomic E-state index is 11.2. The molecule has 3 aromatic rings. The molecule has 0 aliphatic heterocycles. The molecule has 5 heteroatoms. The number of fused-ring (bicyclic) bond motifs is 1. The molecule has 0 saturated heterocycles. The summed E-state index contributed by atoms with van der Waals surface area (Å²) in [6, 6.07) is 11.5. The first-order valence-corrected chi connectivity index (χ1v) is 7.31. The zero-order valence-corrected chi connectivity index (χ0v) is 12.4. The first-order valence-electron chi connectivity index (χ1n) is 7.31. The Hall–Kier alpha value is -2.53. The monoisotopic (exact) mass is 295 g/mol. The van der Waals surface area contributed by atoms with E-state index in [0.29, 0.717) is 11.3 Å². The molecule has 1 N–H and O–H groups in total. The predicted molar refractivity (Wildman–Crippen MR) is 86.0 cm³/mol. The van der Waals surface area contributed by atoms with E-state index >= 15 is 0 Å². The van der Waals surface area contributed by atoms with Crippen molar-refractivity contribution in [3.05, 3.63) is 58.6 Å². The number of rotatable bonds is 5. The summed E-state index contributed by atoms with van der Waals surface area (Å²) in [6.07, 6.45) is 3.84. The van der Waals surface area contributed by atoms with Crippen LogP contribution < -0.4 is 0 Å². The summed E-state index contributed by atoms with van der Waals surface area (Å²) in [6.45, 7) is 2.08. The molecule has 0 unspecified atom stereocenters. The highest BCUT2D eigenvalue weighted by Gasteiger charge is 2.15. The zero-order chi connectivity index (χ0) is 15.5.